The van der Waals surface area contributed by atoms with Crippen LogP contribution in [0.15, 0.2) is 23.2 Å². The maximum absolute atomic E-state index is 5.58. The lowest BCUT2D eigenvalue weighted by Crippen LogP contribution is -2.31. The van der Waals surface area contributed by atoms with Crippen LogP contribution in [0.4, 0.5) is 0 Å². The molecule has 0 bridgehead atoms. The van der Waals surface area contributed by atoms with Crippen molar-refractivity contribution in [2.24, 2.45) is 10.8 Å². The molecule has 5 heteroatoms. The van der Waals surface area contributed by atoms with Crippen molar-refractivity contribution in [3.63, 3.8) is 0 Å². The quantitative estimate of drug-likeness (QED) is 0.343. The van der Waals surface area contributed by atoms with Gasteiger partial charge in [-0.05, 0) is 38.5 Å². The zero-order valence-corrected chi connectivity index (χ0v) is 11.9. The van der Waals surface area contributed by atoms with Crippen LogP contribution in [0.5, 0.6) is 11.5 Å². The molecule has 3 N–H and O–H groups in total. The predicted octanol–water partition coefficient (Wildman–Crippen LogP) is 2.10. The maximum Gasteiger partial charge on any atom is 0.161 e. The van der Waals surface area contributed by atoms with Crippen molar-refractivity contribution in [3.8, 4) is 11.5 Å². The summed E-state index contributed by atoms with van der Waals surface area (Å²) < 4.78 is 11.1. The first-order valence-electron chi connectivity index (χ1n) is 6.67. The Bertz CT molecular complexity index is 419. The standard InChI is InChI=1S/C14H23N3O2/c1-4-9-16-14(17-15)11-7-8-12(18-5-2)13(10-11)19-6-3/h7-8,10H,4-6,9,15H2,1-3H3,(H,16,17). The van der Waals surface area contributed by atoms with Gasteiger partial charge in [-0.1, -0.05) is 6.92 Å². The van der Waals surface area contributed by atoms with Crippen LogP contribution in [-0.4, -0.2) is 25.6 Å². The molecule has 0 fully saturated rings. The Balaban J connectivity index is 3.04. The first-order chi connectivity index (χ1) is 9.26. The van der Waals surface area contributed by atoms with Gasteiger partial charge in [0.25, 0.3) is 0 Å². The average molecular weight is 265 g/mol. The van der Waals surface area contributed by atoms with Gasteiger partial charge < -0.3 is 14.9 Å². The lowest BCUT2D eigenvalue weighted by Gasteiger charge is -2.13. The highest BCUT2D eigenvalue weighted by atomic mass is 16.5. The zero-order valence-electron chi connectivity index (χ0n) is 11.9. The van der Waals surface area contributed by atoms with Crippen molar-refractivity contribution in [1.82, 2.24) is 5.43 Å². The number of amidine groups is 1. The Morgan fingerprint density at radius 2 is 1.84 bits per heavy atom. The Morgan fingerprint density at radius 3 is 2.42 bits per heavy atom. The summed E-state index contributed by atoms with van der Waals surface area (Å²) in [5, 5.41) is 0. The second-order valence-corrected chi connectivity index (χ2v) is 3.90. The summed E-state index contributed by atoms with van der Waals surface area (Å²) in [5.41, 5.74) is 3.52. The van der Waals surface area contributed by atoms with Crippen LogP contribution in [-0.2, 0) is 0 Å². The van der Waals surface area contributed by atoms with E-state index in [4.69, 9.17) is 15.3 Å². The molecule has 1 aromatic carbocycles. The molecule has 19 heavy (non-hydrogen) atoms. The van der Waals surface area contributed by atoms with Gasteiger partial charge in [-0.3, -0.25) is 4.99 Å². The summed E-state index contributed by atoms with van der Waals surface area (Å²) in [6, 6.07) is 5.69. The Hall–Kier alpha value is -1.75. The second-order valence-electron chi connectivity index (χ2n) is 3.90. The molecule has 0 heterocycles. The summed E-state index contributed by atoms with van der Waals surface area (Å²) in [7, 11) is 0. The number of ether oxygens (including phenoxy) is 2. The van der Waals surface area contributed by atoms with E-state index in [1.165, 1.54) is 0 Å². The lowest BCUT2D eigenvalue weighted by molar-refractivity contribution is 0.287. The number of aliphatic imine (C=N–C) groups is 1. The fraction of sp³-hybridized carbons (Fsp3) is 0.500. The number of nitrogens with two attached hydrogens (primary N) is 1. The van der Waals surface area contributed by atoms with Gasteiger partial charge in [0.2, 0.25) is 0 Å². The van der Waals surface area contributed by atoms with Gasteiger partial charge in [-0.25, -0.2) is 5.84 Å². The highest BCUT2D eigenvalue weighted by Crippen LogP contribution is 2.28. The summed E-state index contributed by atoms with van der Waals surface area (Å²) in [5.74, 6) is 7.62. The number of benzene rings is 1. The molecular formula is C14H23N3O2. The van der Waals surface area contributed by atoms with Crippen LogP contribution in [0.1, 0.15) is 32.8 Å². The summed E-state index contributed by atoms with van der Waals surface area (Å²) in [4.78, 5) is 4.39. The Labute approximate surface area is 114 Å². The summed E-state index contributed by atoms with van der Waals surface area (Å²) >= 11 is 0. The fourth-order valence-corrected chi connectivity index (χ4v) is 1.64. The molecule has 1 rings (SSSR count). The van der Waals surface area contributed by atoms with Crippen molar-refractivity contribution in [2.45, 2.75) is 27.2 Å². The molecule has 0 saturated heterocycles. The largest absolute Gasteiger partial charge is 0.490 e. The second kappa shape index (κ2) is 8.37. The van der Waals surface area contributed by atoms with E-state index in [0.29, 0.717) is 24.8 Å². The first kappa shape index (κ1) is 15.3. The molecule has 0 aliphatic rings. The summed E-state index contributed by atoms with van der Waals surface area (Å²) in [6.07, 6.45) is 0.973. The Kier molecular flexibility index (Phi) is 6.74. The minimum Gasteiger partial charge on any atom is -0.490 e. The molecule has 0 radical (unpaired) electrons. The number of rotatable bonds is 7. The van der Waals surface area contributed by atoms with Crippen molar-refractivity contribution in [2.75, 3.05) is 19.8 Å². The van der Waals surface area contributed by atoms with Crippen molar-refractivity contribution in [3.05, 3.63) is 23.8 Å². The fourth-order valence-electron chi connectivity index (χ4n) is 1.64. The molecule has 0 amide bonds. The van der Waals surface area contributed by atoms with Gasteiger partial charge in [-0.15, -0.1) is 0 Å². The molecule has 0 aromatic heterocycles. The number of nitrogens with one attached hydrogen (secondary N) is 1. The van der Waals surface area contributed by atoms with E-state index < -0.39 is 0 Å². The lowest BCUT2D eigenvalue weighted by atomic mass is 10.2. The van der Waals surface area contributed by atoms with Crippen LogP contribution in [0.2, 0.25) is 0 Å². The maximum atomic E-state index is 5.58. The van der Waals surface area contributed by atoms with E-state index in [9.17, 15) is 0 Å². The van der Waals surface area contributed by atoms with Gasteiger partial charge in [0.05, 0.1) is 13.2 Å². The van der Waals surface area contributed by atoms with Crippen LogP contribution in [0.25, 0.3) is 0 Å². The number of hydrazine groups is 1. The first-order valence-corrected chi connectivity index (χ1v) is 6.67. The normalized spacial score (nSPS) is 11.3. The molecule has 0 unspecified atom stereocenters. The van der Waals surface area contributed by atoms with Gasteiger partial charge >= 0.3 is 0 Å². The predicted molar refractivity (Wildman–Crippen MR) is 77.8 cm³/mol. The number of hydrogen-bond acceptors (Lipinski definition) is 4. The van der Waals surface area contributed by atoms with Crippen LogP contribution in [0.3, 0.4) is 0 Å². The van der Waals surface area contributed by atoms with Crippen molar-refractivity contribution < 1.29 is 9.47 Å². The third kappa shape index (κ3) is 4.44. The van der Waals surface area contributed by atoms with E-state index in [0.717, 1.165) is 24.3 Å². The monoisotopic (exact) mass is 265 g/mol. The van der Waals surface area contributed by atoms with E-state index in [1.807, 2.05) is 32.0 Å². The average Bonchev–Trinajstić information content (AvgIpc) is 2.43. The van der Waals surface area contributed by atoms with E-state index in [1.54, 1.807) is 0 Å². The smallest absolute Gasteiger partial charge is 0.161 e. The third-order valence-electron chi connectivity index (χ3n) is 2.45. The molecule has 5 nitrogen and oxygen atoms in total. The summed E-state index contributed by atoms with van der Waals surface area (Å²) in [6.45, 7) is 7.87. The molecule has 0 atom stereocenters. The molecule has 1 aromatic rings. The van der Waals surface area contributed by atoms with Crippen LogP contribution < -0.4 is 20.7 Å². The number of hydrogen-bond donors (Lipinski definition) is 2. The van der Waals surface area contributed by atoms with Crippen LogP contribution in [0, 0.1) is 0 Å². The van der Waals surface area contributed by atoms with Gasteiger partial charge in [0, 0.05) is 12.1 Å². The number of nitrogens with zero attached hydrogens (tertiary/aromatic N) is 1. The molecule has 0 saturated carbocycles. The van der Waals surface area contributed by atoms with E-state index in [2.05, 4.69) is 17.3 Å². The van der Waals surface area contributed by atoms with Crippen LogP contribution >= 0.6 is 0 Å². The molecular weight excluding hydrogens is 242 g/mol. The van der Waals surface area contributed by atoms with E-state index in [-0.39, 0.29) is 0 Å². The Morgan fingerprint density at radius 1 is 1.16 bits per heavy atom. The zero-order chi connectivity index (χ0) is 14.1. The SMILES string of the molecule is CCCN=C(NN)c1ccc(OCC)c(OCC)c1. The molecule has 0 aliphatic heterocycles. The van der Waals surface area contributed by atoms with Crippen molar-refractivity contribution >= 4 is 5.84 Å². The van der Waals surface area contributed by atoms with Crippen molar-refractivity contribution in [1.29, 1.82) is 0 Å². The van der Waals surface area contributed by atoms with E-state index >= 15 is 0 Å². The minimum absolute atomic E-state index is 0.584. The van der Waals surface area contributed by atoms with Gasteiger partial charge in [-0.2, -0.15) is 0 Å². The molecule has 106 valence electrons. The van der Waals surface area contributed by atoms with Gasteiger partial charge in [0.1, 0.15) is 5.84 Å². The highest BCUT2D eigenvalue weighted by molar-refractivity contribution is 5.98. The molecule has 0 aliphatic carbocycles. The third-order valence-corrected chi connectivity index (χ3v) is 2.45. The molecule has 0 spiro atoms. The minimum atomic E-state index is 0.584. The van der Waals surface area contributed by atoms with Gasteiger partial charge in [0.15, 0.2) is 11.5 Å². The highest BCUT2D eigenvalue weighted by Gasteiger charge is 2.09. The topological polar surface area (TPSA) is 68.9 Å².